The van der Waals surface area contributed by atoms with Crippen molar-refractivity contribution in [3.63, 3.8) is 0 Å². The molecule has 1 aliphatic heterocycles. The highest BCUT2D eigenvalue weighted by Crippen LogP contribution is 2.38. The molecule has 0 radical (unpaired) electrons. The van der Waals surface area contributed by atoms with E-state index < -0.39 is 10.1 Å². The van der Waals surface area contributed by atoms with Gasteiger partial charge in [0.2, 0.25) is 0 Å². The van der Waals surface area contributed by atoms with Crippen LogP contribution in [0.2, 0.25) is 0 Å². The predicted molar refractivity (Wildman–Crippen MR) is 117 cm³/mol. The molecule has 1 fully saturated rings. The number of aryl methyl sites for hydroxylation is 2. The summed E-state index contributed by atoms with van der Waals surface area (Å²) >= 11 is 1.09. The van der Waals surface area contributed by atoms with Crippen LogP contribution in [0.3, 0.4) is 0 Å². The molecule has 2 heterocycles. The highest BCUT2D eigenvalue weighted by Gasteiger charge is 2.27. The van der Waals surface area contributed by atoms with Gasteiger partial charge >= 0.3 is 0 Å². The summed E-state index contributed by atoms with van der Waals surface area (Å²) in [5.41, 5.74) is 6.14. The summed E-state index contributed by atoms with van der Waals surface area (Å²) in [6, 6.07) is 8.76. The van der Waals surface area contributed by atoms with E-state index in [0.29, 0.717) is 19.5 Å². The summed E-state index contributed by atoms with van der Waals surface area (Å²) < 4.78 is 35.6. The molecule has 1 amide bonds. The number of carbonyl (C=O) groups excluding carboxylic acids is 1. The van der Waals surface area contributed by atoms with Gasteiger partial charge in [-0.1, -0.05) is 17.7 Å². The van der Waals surface area contributed by atoms with Crippen LogP contribution >= 0.6 is 11.9 Å². The number of piperidine rings is 1. The average molecular weight is 446 g/mol. The molecule has 2 N–H and O–H groups in total. The molecule has 0 bridgehead atoms. The Kier molecular flexibility index (Phi) is 5.97. The van der Waals surface area contributed by atoms with Crippen LogP contribution in [0.1, 0.15) is 35.2 Å². The molecule has 1 aliphatic carbocycles. The van der Waals surface area contributed by atoms with E-state index in [9.17, 15) is 17.8 Å². The molecule has 158 valence electrons. The monoisotopic (exact) mass is 445 g/mol. The van der Waals surface area contributed by atoms with E-state index in [1.807, 2.05) is 11.0 Å². The van der Waals surface area contributed by atoms with Crippen molar-refractivity contribution in [2.45, 2.75) is 30.6 Å². The fourth-order valence-corrected chi connectivity index (χ4v) is 5.18. The third-order valence-corrected chi connectivity index (χ3v) is 7.09. The molecular weight excluding hydrogens is 422 g/mol. The van der Waals surface area contributed by atoms with E-state index in [2.05, 4.69) is 15.8 Å². The smallest absolute Gasteiger partial charge is 0.296 e. The van der Waals surface area contributed by atoms with Gasteiger partial charge in [-0.05, 0) is 67.6 Å². The zero-order valence-corrected chi connectivity index (χ0v) is 18.2. The third-order valence-electron chi connectivity index (χ3n) is 5.60. The summed E-state index contributed by atoms with van der Waals surface area (Å²) in [6.07, 6.45) is 4.66. The van der Waals surface area contributed by atoms with Crippen molar-refractivity contribution in [3.05, 3.63) is 64.5 Å². The zero-order valence-electron chi connectivity index (χ0n) is 16.6. The number of pyridine rings is 1. The Bertz CT molecular complexity index is 1120. The Labute approximate surface area is 180 Å². The molecule has 0 saturated carbocycles. The zero-order chi connectivity index (χ0) is 21.3. The minimum absolute atomic E-state index is 0.0131. The second-order valence-electron chi connectivity index (χ2n) is 7.34. The number of hydrogen-bond acceptors (Lipinski definition) is 6. The van der Waals surface area contributed by atoms with Crippen LogP contribution in [0.4, 0.5) is 4.79 Å². The van der Waals surface area contributed by atoms with Gasteiger partial charge in [-0.2, -0.15) is 8.42 Å². The Morgan fingerprint density at radius 2 is 1.87 bits per heavy atom. The first-order chi connectivity index (χ1) is 14.4. The van der Waals surface area contributed by atoms with E-state index in [1.165, 1.54) is 11.6 Å². The lowest BCUT2D eigenvalue weighted by Gasteiger charge is -2.30. The summed E-state index contributed by atoms with van der Waals surface area (Å²) in [5.74, 6) is 0. The van der Waals surface area contributed by atoms with Crippen molar-refractivity contribution in [3.8, 4) is 0 Å². The van der Waals surface area contributed by atoms with Gasteiger partial charge in [0.15, 0.2) is 0 Å². The van der Waals surface area contributed by atoms with E-state index in [-0.39, 0.29) is 10.1 Å². The van der Waals surface area contributed by atoms with Crippen LogP contribution in [0.15, 0.2) is 47.0 Å². The van der Waals surface area contributed by atoms with Crippen LogP contribution in [-0.4, -0.2) is 48.2 Å². The number of rotatable bonds is 2. The number of aromatic nitrogens is 1. The lowest BCUT2D eigenvalue weighted by atomic mass is 9.88. The van der Waals surface area contributed by atoms with E-state index >= 15 is 0 Å². The van der Waals surface area contributed by atoms with Crippen LogP contribution in [0, 0.1) is 0 Å². The van der Waals surface area contributed by atoms with Crippen LogP contribution in [0.5, 0.6) is 0 Å². The third kappa shape index (κ3) is 4.15. The molecule has 7 nitrogen and oxygen atoms in total. The van der Waals surface area contributed by atoms with Crippen LogP contribution < -0.4 is 4.72 Å². The summed E-state index contributed by atoms with van der Waals surface area (Å²) in [5, 5.41) is 0.0131. The number of fused-ring (bicyclic) bond motifs is 2. The first-order valence-electron chi connectivity index (χ1n) is 9.78. The highest BCUT2D eigenvalue weighted by atomic mass is 32.2. The minimum atomic E-state index is -4.26. The van der Waals surface area contributed by atoms with E-state index in [1.54, 1.807) is 25.4 Å². The maximum absolute atomic E-state index is 12.2. The Morgan fingerprint density at radius 3 is 2.57 bits per heavy atom. The molecule has 9 heteroatoms. The first kappa shape index (κ1) is 21.0. The second kappa shape index (κ2) is 8.50. The van der Waals surface area contributed by atoms with Crippen molar-refractivity contribution in [1.29, 1.82) is 0 Å². The number of carbonyl (C=O) groups is 1. The fraction of sp³-hybridized carbons (Fsp3) is 0.333. The molecule has 1 aromatic carbocycles. The first-order valence-corrected chi connectivity index (χ1v) is 12.0. The fourth-order valence-electron chi connectivity index (χ4n) is 4.16. The van der Waals surface area contributed by atoms with E-state index in [0.717, 1.165) is 59.2 Å². The molecule has 0 spiro atoms. The standard InChI is InChI=1S/C21H23N3O4S2/c1-22-29-21(25)24-11-8-14(9-12-24)19-18-7-6-17(30(26,27)28)13-16(18)5-4-15-3-2-10-23-20(15)19/h2-3,6-7,10,13,22H,4-5,8-9,11-12H2,1H3,(H,26,27,28). The number of amides is 1. The van der Waals surface area contributed by atoms with Gasteiger partial charge in [-0.15, -0.1) is 0 Å². The maximum Gasteiger partial charge on any atom is 0.296 e. The van der Waals surface area contributed by atoms with Gasteiger partial charge in [0.25, 0.3) is 15.4 Å². The largest absolute Gasteiger partial charge is 0.332 e. The van der Waals surface area contributed by atoms with Gasteiger partial charge in [-0.25, -0.2) is 0 Å². The van der Waals surface area contributed by atoms with Crippen molar-refractivity contribution < 1.29 is 17.8 Å². The molecule has 2 aromatic rings. The van der Waals surface area contributed by atoms with Crippen molar-refractivity contribution >= 4 is 32.9 Å². The summed E-state index contributed by atoms with van der Waals surface area (Å²) in [7, 11) is -2.54. The average Bonchev–Trinajstić information content (AvgIpc) is 2.90. The number of nitrogens with one attached hydrogen (secondary N) is 1. The number of hydrogen-bond donors (Lipinski definition) is 2. The van der Waals surface area contributed by atoms with Crippen molar-refractivity contribution in [2.75, 3.05) is 20.1 Å². The normalized spacial score (nSPS) is 16.7. The molecule has 1 aromatic heterocycles. The lowest BCUT2D eigenvalue weighted by Crippen LogP contribution is -2.35. The van der Waals surface area contributed by atoms with Gasteiger partial charge in [-0.3, -0.25) is 19.1 Å². The highest BCUT2D eigenvalue weighted by molar-refractivity contribution is 8.11. The maximum atomic E-state index is 12.2. The molecule has 2 aliphatic rings. The van der Waals surface area contributed by atoms with Gasteiger partial charge in [0.05, 0.1) is 10.6 Å². The predicted octanol–water partition coefficient (Wildman–Crippen LogP) is 3.31. The second-order valence-corrected chi connectivity index (χ2v) is 9.73. The van der Waals surface area contributed by atoms with Gasteiger partial charge in [0.1, 0.15) is 0 Å². The minimum Gasteiger partial charge on any atom is -0.332 e. The Hall–Kier alpha value is -2.20. The number of likely N-dealkylation sites (tertiary alicyclic amines) is 1. The summed E-state index contributed by atoms with van der Waals surface area (Å²) in [4.78, 5) is 18.6. The number of benzene rings is 1. The lowest BCUT2D eigenvalue weighted by molar-refractivity contribution is 0.219. The van der Waals surface area contributed by atoms with Crippen molar-refractivity contribution in [1.82, 2.24) is 14.6 Å². The Morgan fingerprint density at radius 1 is 1.13 bits per heavy atom. The van der Waals surface area contributed by atoms with Gasteiger partial charge < -0.3 is 4.90 Å². The SMILES string of the molecule is CNSC(=O)N1CCC(=C2c3ccc(S(=O)(=O)O)cc3CCc3cccnc32)CC1. The Balaban J connectivity index is 1.79. The van der Waals surface area contributed by atoms with Crippen LogP contribution in [-0.2, 0) is 23.0 Å². The molecule has 0 atom stereocenters. The molecular formula is C21H23N3O4S2. The molecule has 4 rings (SSSR count). The van der Waals surface area contributed by atoms with E-state index in [4.69, 9.17) is 0 Å². The van der Waals surface area contributed by atoms with Crippen molar-refractivity contribution in [2.24, 2.45) is 0 Å². The molecule has 1 saturated heterocycles. The molecule has 0 unspecified atom stereocenters. The van der Waals surface area contributed by atoms with Gasteiger partial charge in [0, 0.05) is 36.8 Å². The topological polar surface area (TPSA) is 99.6 Å². The quantitative estimate of drug-likeness (QED) is 0.540. The van der Waals surface area contributed by atoms with Crippen LogP contribution in [0.25, 0.3) is 5.57 Å². The summed E-state index contributed by atoms with van der Waals surface area (Å²) in [6.45, 7) is 1.26. The molecule has 30 heavy (non-hydrogen) atoms. The number of nitrogens with zero attached hydrogens (tertiary/aromatic N) is 2.